The number of benzene rings is 1. The van der Waals surface area contributed by atoms with Crippen molar-refractivity contribution in [1.29, 1.82) is 0 Å². The van der Waals surface area contributed by atoms with Crippen LogP contribution in [0.3, 0.4) is 0 Å². The van der Waals surface area contributed by atoms with Gasteiger partial charge in [-0.1, -0.05) is 31.2 Å². The lowest BCUT2D eigenvalue weighted by atomic mass is 10.1. The van der Waals surface area contributed by atoms with Crippen molar-refractivity contribution in [2.45, 2.75) is 38.8 Å². The van der Waals surface area contributed by atoms with Crippen LogP contribution in [0.2, 0.25) is 0 Å². The molecule has 0 bridgehead atoms. The molecule has 7 nitrogen and oxygen atoms in total. The SMILES string of the molecule is CC[C@H](C)N(C(=O)COC(=O)c1ccc2ccccc2n1)[C@H]1CCS(=O)(=O)C1. The van der Waals surface area contributed by atoms with E-state index < -0.39 is 22.4 Å². The van der Waals surface area contributed by atoms with Gasteiger partial charge in [-0.25, -0.2) is 18.2 Å². The molecule has 1 aromatic heterocycles. The zero-order valence-corrected chi connectivity index (χ0v) is 16.8. The summed E-state index contributed by atoms with van der Waals surface area (Å²) in [5, 5.41) is 0.903. The van der Waals surface area contributed by atoms with Gasteiger partial charge in [-0.3, -0.25) is 4.79 Å². The summed E-state index contributed by atoms with van der Waals surface area (Å²) in [6.07, 6.45) is 1.10. The Balaban J connectivity index is 1.68. The Kier molecular flexibility index (Phi) is 5.98. The summed E-state index contributed by atoms with van der Waals surface area (Å²) in [4.78, 5) is 30.9. The third-order valence-corrected chi connectivity index (χ3v) is 6.84. The normalized spacial score (nSPS) is 19.3. The molecule has 1 saturated heterocycles. The van der Waals surface area contributed by atoms with E-state index in [0.29, 0.717) is 18.4 Å². The lowest BCUT2D eigenvalue weighted by molar-refractivity contribution is -0.138. The van der Waals surface area contributed by atoms with Crippen molar-refractivity contribution in [2.24, 2.45) is 0 Å². The number of aromatic nitrogens is 1. The number of rotatable bonds is 6. The maximum absolute atomic E-state index is 12.7. The first-order valence-corrected chi connectivity index (χ1v) is 11.2. The van der Waals surface area contributed by atoms with Crippen molar-refractivity contribution in [3.8, 4) is 0 Å². The molecule has 2 atom stereocenters. The summed E-state index contributed by atoms with van der Waals surface area (Å²) in [7, 11) is -3.12. The van der Waals surface area contributed by atoms with Gasteiger partial charge >= 0.3 is 5.97 Å². The molecule has 2 aromatic rings. The van der Waals surface area contributed by atoms with E-state index in [1.165, 1.54) is 0 Å². The van der Waals surface area contributed by atoms with E-state index in [2.05, 4.69) is 4.98 Å². The number of hydrogen-bond acceptors (Lipinski definition) is 6. The van der Waals surface area contributed by atoms with E-state index in [4.69, 9.17) is 4.74 Å². The first-order valence-electron chi connectivity index (χ1n) is 9.35. The Morgan fingerprint density at radius 2 is 2.00 bits per heavy atom. The largest absolute Gasteiger partial charge is 0.451 e. The molecular weight excluding hydrogens is 380 g/mol. The average Bonchev–Trinajstić information content (AvgIpc) is 3.04. The van der Waals surface area contributed by atoms with Crippen LogP contribution >= 0.6 is 0 Å². The third kappa shape index (κ3) is 4.49. The first kappa shape index (κ1) is 20.3. The van der Waals surface area contributed by atoms with Crippen LogP contribution < -0.4 is 0 Å². The van der Waals surface area contributed by atoms with Crippen LogP contribution in [0.15, 0.2) is 36.4 Å². The predicted molar refractivity (Wildman–Crippen MR) is 106 cm³/mol. The minimum absolute atomic E-state index is 0.0384. The van der Waals surface area contributed by atoms with Crippen LogP contribution in [-0.4, -0.2) is 60.4 Å². The van der Waals surface area contributed by atoms with Gasteiger partial charge in [0.25, 0.3) is 5.91 Å². The number of hydrogen-bond donors (Lipinski definition) is 0. The molecule has 1 aromatic carbocycles. The summed E-state index contributed by atoms with van der Waals surface area (Å²) >= 11 is 0. The molecule has 3 rings (SSSR count). The van der Waals surface area contributed by atoms with Crippen LogP contribution in [0.5, 0.6) is 0 Å². The molecule has 0 aliphatic carbocycles. The van der Waals surface area contributed by atoms with Gasteiger partial charge in [-0.2, -0.15) is 0 Å². The molecule has 0 N–H and O–H groups in total. The third-order valence-electron chi connectivity index (χ3n) is 5.09. The van der Waals surface area contributed by atoms with Crippen LogP contribution in [0.4, 0.5) is 0 Å². The van der Waals surface area contributed by atoms with Gasteiger partial charge in [0.2, 0.25) is 0 Å². The van der Waals surface area contributed by atoms with Crippen molar-refractivity contribution >= 4 is 32.6 Å². The minimum Gasteiger partial charge on any atom is -0.451 e. The standard InChI is InChI=1S/C20H24N2O5S/c1-3-14(2)22(16-10-11-28(25,26)13-16)19(23)12-27-20(24)18-9-8-15-6-4-5-7-17(15)21-18/h4-9,14,16H,3,10-13H2,1-2H3/t14-,16-/m0/s1. The van der Waals surface area contributed by atoms with Gasteiger partial charge in [0.15, 0.2) is 16.4 Å². The fourth-order valence-corrected chi connectivity index (χ4v) is 5.17. The molecular formula is C20H24N2O5S. The highest BCUT2D eigenvalue weighted by atomic mass is 32.2. The number of sulfone groups is 1. The van der Waals surface area contributed by atoms with E-state index in [1.54, 1.807) is 23.1 Å². The van der Waals surface area contributed by atoms with Gasteiger partial charge in [0.05, 0.1) is 17.0 Å². The zero-order chi connectivity index (χ0) is 20.3. The van der Waals surface area contributed by atoms with Crippen LogP contribution in [0, 0.1) is 0 Å². The number of ether oxygens (including phenoxy) is 1. The van der Waals surface area contributed by atoms with E-state index in [1.807, 2.05) is 32.0 Å². The molecule has 28 heavy (non-hydrogen) atoms. The van der Waals surface area contributed by atoms with Crippen molar-refractivity contribution in [3.63, 3.8) is 0 Å². The van der Waals surface area contributed by atoms with Crippen molar-refractivity contribution < 1.29 is 22.7 Å². The molecule has 1 aliphatic rings. The molecule has 150 valence electrons. The lowest BCUT2D eigenvalue weighted by Gasteiger charge is -2.33. The second-order valence-corrected chi connectivity index (χ2v) is 9.31. The van der Waals surface area contributed by atoms with Gasteiger partial charge in [0.1, 0.15) is 5.69 Å². The highest BCUT2D eigenvalue weighted by Gasteiger charge is 2.36. The summed E-state index contributed by atoms with van der Waals surface area (Å²) < 4.78 is 28.8. The Labute approximate surface area is 164 Å². The Bertz CT molecular complexity index is 989. The number of pyridine rings is 1. The van der Waals surface area contributed by atoms with Crippen molar-refractivity contribution in [1.82, 2.24) is 9.88 Å². The Hall–Kier alpha value is -2.48. The summed E-state index contributed by atoms with van der Waals surface area (Å²) in [5.74, 6) is -1.02. The van der Waals surface area contributed by atoms with Gasteiger partial charge in [-0.05, 0) is 31.9 Å². The van der Waals surface area contributed by atoms with Crippen molar-refractivity contribution in [3.05, 3.63) is 42.1 Å². The molecule has 0 unspecified atom stereocenters. The molecule has 8 heteroatoms. The van der Waals surface area contributed by atoms with E-state index >= 15 is 0 Å². The average molecular weight is 404 g/mol. The molecule has 2 heterocycles. The maximum Gasteiger partial charge on any atom is 0.357 e. The molecule has 0 spiro atoms. The molecule has 0 saturated carbocycles. The lowest BCUT2D eigenvalue weighted by Crippen LogP contribution is -2.48. The smallest absolute Gasteiger partial charge is 0.357 e. The minimum atomic E-state index is -3.12. The monoisotopic (exact) mass is 404 g/mol. The number of fused-ring (bicyclic) bond motifs is 1. The zero-order valence-electron chi connectivity index (χ0n) is 16.0. The fraction of sp³-hybridized carbons (Fsp3) is 0.450. The Morgan fingerprint density at radius 1 is 1.25 bits per heavy atom. The maximum atomic E-state index is 12.7. The number of carbonyl (C=O) groups is 2. The van der Waals surface area contributed by atoms with E-state index in [0.717, 1.165) is 5.39 Å². The highest BCUT2D eigenvalue weighted by Crippen LogP contribution is 2.21. The van der Waals surface area contributed by atoms with Crippen LogP contribution in [0.1, 0.15) is 37.2 Å². The quantitative estimate of drug-likeness (QED) is 0.685. The number of nitrogens with zero attached hydrogens (tertiary/aromatic N) is 2. The van der Waals surface area contributed by atoms with E-state index in [-0.39, 0.29) is 35.2 Å². The molecule has 0 radical (unpaired) electrons. The number of esters is 1. The summed E-state index contributed by atoms with van der Waals surface area (Å²) in [6.45, 7) is 3.36. The number of amides is 1. The molecule has 1 fully saturated rings. The first-order chi connectivity index (χ1) is 13.3. The Morgan fingerprint density at radius 3 is 2.68 bits per heavy atom. The number of para-hydroxylation sites is 1. The van der Waals surface area contributed by atoms with E-state index in [9.17, 15) is 18.0 Å². The van der Waals surface area contributed by atoms with Crippen LogP contribution in [0.25, 0.3) is 10.9 Å². The molecule has 1 amide bonds. The number of carbonyl (C=O) groups excluding carboxylic acids is 2. The summed E-state index contributed by atoms with van der Waals surface area (Å²) in [6, 6.07) is 10.2. The van der Waals surface area contributed by atoms with Gasteiger partial charge < -0.3 is 9.64 Å². The topological polar surface area (TPSA) is 93.6 Å². The van der Waals surface area contributed by atoms with Crippen molar-refractivity contribution in [2.75, 3.05) is 18.1 Å². The van der Waals surface area contributed by atoms with Gasteiger partial charge in [0, 0.05) is 17.5 Å². The fourth-order valence-electron chi connectivity index (χ4n) is 3.46. The second-order valence-electron chi connectivity index (χ2n) is 7.08. The van der Waals surface area contributed by atoms with Gasteiger partial charge in [-0.15, -0.1) is 0 Å². The predicted octanol–water partition coefficient (Wildman–Crippen LogP) is 2.21. The van der Waals surface area contributed by atoms with Crippen LogP contribution in [-0.2, 0) is 19.4 Å². The highest BCUT2D eigenvalue weighted by molar-refractivity contribution is 7.91. The second kappa shape index (κ2) is 8.26. The molecule has 1 aliphatic heterocycles. The summed E-state index contributed by atoms with van der Waals surface area (Å²) in [5.41, 5.74) is 0.797.